The number of hydrogen-bond acceptors (Lipinski definition) is 2. The highest BCUT2D eigenvalue weighted by molar-refractivity contribution is 5.73. The molecule has 1 aromatic carbocycles. The number of aromatic nitrogens is 1. The summed E-state index contributed by atoms with van der Waals surface area (Å²) in [5, 5.41) is 0. The Morgan fingerprint density at radius 2 is 1.81 bits per heavy atom. The molecular weight excluding hydrogens is 202 g/mol. The summed E-state index contributed by atoms with van der Waals surface area (Å²) < 4.78 is 1.53. The largest absolute Gasteiger partial charge is 0.310 e. The molecule has 0 N–H and O–H groups in total. The van der Waals surface area contributed by atoms with Gasteiger partial charge < -0.3 is 4.57 Å². The second-order valence-corrected chi connectivity index (χ2v) is 3.53. The minimum absolute atomic E-state index is 0.102. The summed E-state index contributed by atoms with van der Waals surface area (Å²) in [6, 6.07) is 12.6. The first-order valence-electron chi connectivity index (χ1n) is 4.99. The lowest BCUT2D eigenvalue weighted by Gasteiger charge is -2.05. The van der Waals surface area contributed by atoms with Crippen LogP contribution in [0.25, 0.3) is 0 Å². The van der Waals surface area contributed by atoms with Gasteiger partial charge in [0.1, 0.15) is 0 Å². The first-order chi connectivity index (χ1) is 7.79. The Labute approximate surface area is 93.0 Å². The molecule has 0 aliphatic rings. The monoisotopic (exact) mass is 213 g/mol. The number of benzene rings is 1. The van der Waals surface area contributed by atoms with Crippen LogP contribution in [-0.2, 0) is 6.54 Å². The van der Waals surface area contributed by atoms with Gasteiger partial charge in [-0.3, -0.25) is 9.59 Å². The third-order valence-electron chi connectivity index (χ3n) is 2.34. The van der Waals surface area contributed by atoms with Gasteiger partial charge in [0.2, 0.25) is 0 Å². The van der Waals surface area contributed by atoms with Crippen molar-refractivity contribution in [1.29, 1.82) is 0 Å². The van der Waals surface area contributed by atoms with Crippen LogP contribution < -0.4 is 5.56 Å². The lowest BCUT2D eigenvalue weighted by atomic mass is 10.2. The van der Waals surface area contributed by atoms with E-state index in [-0.39, 0.29) is 5.56 Å². The molecule has 3 nitrogen and oxygen atoms in total. The first kappa shape index (κ1) is 10.4. The van der Waals surface area contributed by atoms with Crippen molar-refractivity contribution in [1.82, 2.24) is 4.57 Å². The molecule has 0 unspecified atom stereocenters. The summed E-state index contributed by atoms with van der Waals surface area (Å²) >= 11 is 0. The van der Waals surface area contributed by atoms with E-state index in [1.165, 1.54) is 16.7 Å². The van der Waals surface area contributed by atoms with Crippen LogP contribution in [0.3, 0.4) is 0 Å². The number of carbonyl (C=O) groups is 1. The van der Waals surface area contributed by atoms with Crippen molar-refractivity contribution in [3.63, 3.8) is 0 Å². The maximum Gasteiger partial charge on any atom is 0.250 e. The van der Waals surface area contributed by atoms with Crippen LogP contribution in [0.4, 0.5) is 0 Å². The quantitative estimate of drug-likeness (QED) is 0.728. The van der Waals surface area contributed by atoms with Crippen LogP contribution in [0.2, 0.25) is 0 Å². The van der Waals surface area contributed by atoms with Gasteiger partial charge in [-0.25, -0.2) is 0 Å². The molecule has 0 amide bonds. The van der Waals surface area contributed by atoms with Crippen LogP contribution in [0.1, 0.15) is 15.9 Å². The summed E-state index contributed by atoms with van der Waals surface area (Å²) in [5.74, 6) is 0. The van der Waals surface area contributed by atoms with E-state index in [0.717, 1.165) is 11.8 Å². The Morgan fingerprint density at radius 1 is 1.06 bits per heavy atom. The van der Waals surface area contributed by atoms with Gasteiger partial charge in [-0.2, -0.15) is 0 Å². The first-order valence-corrected chi connectivity index (χ1v) is 4.99. The summed E-state index contributed by atoms with van der Waals surface area (Å²) in [6.07, 6.45) is 2.31. The van der Waals surface area contributed by atoms with Gasteiger partial charge in [0.05, 0.1) is 6.54 Å². The summed E-state index contributed by atoms with van der Waals surface area (Å²) in [6.45, 7) is 0.487. The summed E-state index contributed by atoms with van der Waals surface area (Å²) in [5.41, 5.74) is 1.44. The predicted octanol–water partition coefficient (Wildman–Crippen LogP) is 1.71. The molecule has 2 aromatic rings. The molecule has 0 spiro atoms. The number of nitrogens with zero attached hydrogens (tertiary/aromatic N) is 1. The molecule has 0 bridgehead atoms. The van der Waals surface area contributed by atoms with E-state index in [9.17, 15) is 9.59 Å². The Morgan fingerprint density at radius 3 is 2.50 bits per heavy atom. The van der Waals surface area contributed by atoms with E-state index in [0.29, 0.717) is 12.1 Å². The van der Waals surface area contributed by atoms with Gasteiger partial charge >= 0.3 is 0 Å². The number of pyridine rings is 1. The minimum atomic E-state index is -0.102. The lowest BCUT2D eigenvalue weighted by Crippen LogP contribution is -2.19. The zero-order chi connectivity index (χ0) is 11.4. The van der Waals surface area contributed by atoms with Crippen molar-refractivity contribution in [2.45, 2.75) is 6.54 Å². The normalized spacial score (nSPS) is 10.0. The topological polar surface area (TPSA) is 39.1 Å². The molecule has 0 atom stereocenters. The third kappa shape index (κ3) is 2.25. The van der Waals surface area contributed by atoms with E-state index in [4.69, 9.17) is 0 Å². The van der Waals surface area contributed by atoms with Crippen molar-refractivity contribution < 1.29 is 4.79 Å². The second-order valence-electron chi connectivity index (χ2n) is 3.53. The molecule has 0 saturated heterocycles. The molecule has 16 heavy (non-hydrogen) atoms. The maximum atomic E-state index is 11.5. The molecule has 0 saturated carbocycles. The van der Waals surface area contributed by atoms with Crippen LogP contribution in [0.15, 0.2) is 53.5 Å². The van der Waals surface area contributed by atoms with Gasteiger partial charge in [-0.05, 0) is 11.6 Å². The second kappa shape index (κ2) is 4.57. The Balaban J connectivity index is 2.34. The van der Waals surface area contributed by atoms with Crippen LogP contribution in [0.5, 0.6) is 0 Å². The van der Waals surface area contributed by atoms with Gasteiger partial charge in [-0.15, -0.1) is 0 Å². The fourth-order valence-electron chi connectivity index (χ4n) is 1.52. The van der Waals surface area contributed by atoms with E-state index in [2.05, 4.69) is 0 Å². The third-order valence-corrected chi connectivity index (χ3v) is 2.34. The number of carbonyl (C=O) groups excluding carboxylic acids is 1. The van der Waals surface area contributed by atoms with Crippen molar-refractivity contribution in [2.24, 2.45) is 0 Å². The predicted molar refractivity (Wildman–Crippen MR) is 61.6 cm³/mol. The SMILES string of the molecule is O=Cc1ccc(=O)n(Cc2ccccc2)c1. The standard InChI is InChI=1S/C13H11NO2/c15-10-12-6-7-13(16)14(9-12)8-11-4-2-1-3-5-11/h1-7,9-10H,8H2. The fourth-order valence-corrected chi connectivity index (χ4v) is 1.52. The fraction of sp³-hybridized carbons (Fsp3) is 0.0769. The molecule has 2 rings (SSSR count). The van der Waals surface area contributed by atoms with E-state index in [1.807, 2.05) is 30.3 Å². The molecule has 0 fully saturated rings. The van der Waals surface area contributed by atoms with Crippen molar-refractivity contribution in [3.05, 3.63) is 70.1 Å². The molecule has 80 valence electrons. The number of hydrogen-bond donors (Lipinski definition) is 0. The highest BCUT2D eigenvalue weighted by Crippen LogP contribution is 2.01. The molecular formula is C13H11NO2. The maximum absolute atomic E-state index is 11.5. The number of aldehydes is 1. The molecule has 1 heterocycles. The highest BCUT2D eigenvalue weighted by atomic mass is 16.1. The van der Waals surface area contributed by atoms with Gasteiger partial charge in [0.15, 0.2) is 6.29 Å². The lowest BCUT2D eigenvalue weighted by molar-refractivity contribution is 0.112. The van der Waals surface area contributed by atoms with Crippen molar-refractivity contribution in [3.8, 4) is 0 Å². The van der Waals surface area contributed by atoms with Crippen LogP contribution in [-0.4, -0.2) is 10.9 Å². The zero-order valence-corrected chi connectivity index (χ0v) is 8.67. The highest BCUT2D eigenvalue weighted by Gasteiger charge is 1.98. The smallest absolute Gasteiger partial charge is 0.250 e. The molecule has 0 aliphatic heterocycles. The Kier molecular flexibility index (Phi) is 2.96. The summed E-state index contributed by atoms with van der Waals surface area (Å²) in [4.78, 5) is 22.1. The minimum Gasteiger partial charge on any atom is -0.310 e. The Bertz CT molecular complexity index is 543. The number of rotatable bonds is 3. The van der Waals surface area contributed by atoms with E-state index in [1.54, 1.807) is 6.20 Å². The van der Waals surface area contributed by atoms with E-state index < -0.39 is 0 Å². The molecule has 1 aromatic heterocycles. The average molecular weight is 213 g/mol. The van der Waals surface area contributed by atoms with Crippen molar-refractivity contribution >= 4 is 6.29 Å². The van der Waals surface area contributed by atoms with E-state index >= 15 is 0 Å². The zero-order valence-electron chi connectivity index (χ0n) is 8.67. The molecule has 0 aliphatic carbocycles. The average Bonchev–Trinajstić information content (AvgIpc) is 2.33. The Hall–Kier alpha value is -2.16. The van der Waals surface area contributed by atoms with Gasteiger partial charge in [0.25, 0.3) is 5.56 Å². The van der Waals surface area contributed by atoms with Crippen LogP contribution >= 0.6 is 0 Å². The summed E-state index contributed by atoms with van der Waals surface area (Å²) in [7, 11) is 0. The molecule has 3 heteroatoms. The van der Waals surface area contributed by atoms with Gasteiger partial charge in [0, 0.05) is 17.8 Å². The van der Waals surface area contributed by atoms with Crippen molar-refractivity contribution in [2.75, 3.05) is 0 Å². The van der Waals surface area contributed by atoms with Gasteiger partial charge in [-0.1, -0.05) is 30.3 Å². The molecule has 0 radical (unpaired) electrons. The van der Waals surface area contributed by atoms with Crippen LogP contribution in [0, 0.1) is 0 Å².